The second kappa shape index (κ2) is 6.57. The van der Waals surface area contributed by atoms with Gasteiger partial charge in [-0.1, -0.05) is 12.1 Å². The zero-order valence-corrected chi connectivity index (χ0v) is 12.7. The summed E-state index contributed by atoms with van der Waals surface area (Å²) in [6.45, 7) is 4.05. The molecule has 2 rings (SSSR count). The van der Waals surface area contributed by atoms with Gasteiger partial charge in [0.2, 0.25) is 0 Å². The molecule has 4 nitrogen and oxygen atoms in total. The molecule has 1 fully saturated rings. The van der Waals surface area contributed by atoms with Gasteiger partial charge in [-0.2, -0.15) is 0 Å². The maximum Gasteiger partial charge on any atom is 0.120 e. The molecule has 1 aliphatic carbocycles. The first kappa shape index (κ1) is 15.3. The smallest absolute Gasteiger partial charge is 0.120 e. The van der Waals surface area contributed by atoms with Crippen molar-refractivity contribution < 1.29 is 9.47 Å². The summed E-state index contributed by atoms with van der Waals surface area (Å²) in [5, 5.41) is 0. The summed E-state index contributed by atoms with van der Waals surface area (Å²) in [6, 6.07) is 8.22. The molecule has 20 heavy (non-hydrogen) atoms. The molecule has 1 aromatic rings. The van der Waals surface area contributed by atoms with E-state index < -0.39 is 0 Å². The molecule has 0 heterocycles. The van der Waals surface area contributed by atoms with Gasteiger partial charge in [0, 0.05) is 13.2 Å². The predicted octanol–water partition coefficient (Wildman–Crippen LogP) is 2.94. The number of hydrogen-bond acceptors (Lipinski definition) is 4. The van der Waals surface area contributed by atoms with Crippen LogP contribution in [0, 0.1) is 0 Å². The molecular formula is C16H26N2O2. The molecule has 1 aromatic carbocycles. The van der Waals surface area contributed by atoms with Gasteiger partial charge in [-0.3, -0.25) is 11.3 Å². The third kappa shape index (κ3) is 3.51. The number of ether oxygens (including phenoxy) is 2. The van der Waals surface area contributed by atoms with Crippen molar-refractivity contribution in [2.24, 2.45) is 5.84 Å². The van der Waals surface area contributed by atoms with Gasteiger partial charge in [0.05, 0.1) is 11.7 Å². The van der Waals surface area contributed by atoms with Crippen LogP contribution in [0.15, 0.2) is 24.3 Å². The summed E-state index contributed by atoms with van der Waals surface area (Å²) in [5.74, 6) is 6.64. The van der Waals surface area contributed by atoms with E-state index in [1.54, 1.807) is 7.11 Å². The first-order valence-corrected chi connectivity index (χ1v) is 7.36. The summed E-state index contributed by atoms with van der Waals surface area (Å²) < 4.78 is 11.4. The molecule has 0 bridgehead atoms. The maximum absolute atomic E-state index is 5.75. The highest BCUT2D eigenvalue weighted by Crippen LogP contribution is 2.41. The molecule has 0 aromatic heterocycles. The van der Waals surface area contributed by atoms with Gasteiger partial charge < -0.3 is 9.47 Å². The SMILES string of the molecule is COC1(CC(NN)c2cccc(OC(C)C)c2)CCC1. The minimum absolute atomic E-state index is 0.00799. The average molecular weight is 278 g/mol. The number of hydrogen-bond donors (Lipinski definition) is 2. The van der Waals surface area contributed by atoms with E-state index in [0.29, 0.717) is 0 Å². The van der Waals surface area contributed by atoms with Crippen molar-refractivity contribution in [2.75, 3.05) is 7.11 Å². The van der Waals surface area contributed by atoms with E-state index in [9.17, 15) is 0 Å². The Morgan fingerprint density at radius 1 is 1.35 bits per heavy atom. The van der Waals surface area contributed by atoms with Crippen molar-refractivity contribution in [2.45, 2.75) is 57.3 Å². The number of hydrazine groups is 1. The molecule has 0 spiro atoms. The molecule has 1 saturated carbocycles. The zero-order valence-electron chi connectivity index (χ0n) is 12.7. The fourth-order valence-electron chi connectivity index (χ4n) is 2.78. The van der Waals surface area contributed by atoms with Crippen LogP contribution in [0.3, 0.4) is 0 Å². The number of nitrogens with two attached hydrogens (primary N) is 1. The number of benzene rings is 1. The van der Waals surface area contributed by atoms with Gasteiger partial charge >= 0.3 is 0 Å². The lowest BCUT2D eigenvalue weighted by atomic mass is 9.75. The Kier molecular flexibility index (Phi) is 5.02. The van der Waals surface area contributed by atoms with Gasteiger partial charge in [-0.15, -0.1) is 0 Å². The summed E-state index contributed by atoms with van der Waals surface area (Å²) in [5.41, 5.74) is 4.06. The van der Waals surface area contributed by atoms with Gasteiger partial charge in [0.15, 0.2) is 0 Å². The van der Waals surface area contributed by atoms with Crippen LogP contribution in [0.5, 0.6) is 5.75 Å². The third-order valence-corrected chi connectivity index (χ3v) is 4.11. The minimum atomic E-state index is -0.00799. The first-order chi connectivity index (χ1) is 9.58. The van der Waals surface area contributed by atoms with Crippen LogP contribution < -0.4 is 16.0 Å². The van der Waals surface area contributed by atoms with E-state index in [1.165, 1.54) is 6.42 Å². The molecule has 1 aliphatic rings. The highest BCUT2D eigenvalue weighted by Gasteiger charge is 2.39. The van der Waals surface area contributed by atoms with Crippen molar-refractivity contribution in [1.29, 1.82) is 0 Å². The quantitative estimate of drug-likeness (QED) is 0.595. The van der Waals surface area contributed by atoms with Crippen LogP contribution >= 0.6 is 0 Å². The lowest BCUT2D eigenvalue weighted by molar-refractivity contribution is -0.0838. The summed E-state index contributed by atoms with van der Waals surface area (Å²) in [7, 11) is 1.80. The normalized spacial score (nSPS) is 18.6. The Balaban J connectivity index is 2.10. The van der Waals surface area contributed by atoms with E-state index in [2.05, 4.69) is 17.6 Å². The van der Waals surface area contributed by atoms with Gasteiger partial charge in [-0.05, 0) is 57.2 Å². The Bertz CT molecular complexity index is 425. The molecule has 1 atom stereocenters. The molecule has 0 saturated heterocycles. The maximum atomic E-state index is 5.75. The minimum Gasteiger partial charge on any atom is -0.491 e. The standard InChI is InChI=1S/C16H26N2O2/c1-12(2)20-14-7-4-6-13(10-14)15(18-17)11-16(19-3)8-5-9-16/h4,6-7,10,12,15,18H,5,8-9,11,17H2,1-3H3. The Morgan fingerprint density at radius 3 is 2.60 bits per heavy atom. The van der Waals surface area contributed by atoms with Gasteiger partial charge in [0.25, 0.3) is 0 Å². The molecule has 0 aliphatic heterocycles. The number of nitrogens with one attached hydrogen (secondary N) is 1. The van der Waals surface area contributed by atoms with E-state index in [-0.39, 0.29) is 17.7 Å². The summed E-state index contributed by atoms with van der Waals surface area (Å²) in [6.07, 6.45) is 4.53. The van der Waals surface area contributed by atoms with E-state index in [0.717, 1.165) is 30.6 Å². The second-order valence-corrected chi connectivity index (χ2v) is 5.90. The van der Waals surface area contributed by atoms with Crippen LogP contribution in [0.1, 0.15) is 51.1 Å². The topological polar surface area (TPSA) is 56.5 Å². The lowest BCUT2D eigenvalue weighted by Gasteiger charge is -2.42. The molecule has 1 unspecified atom stereocenters. The Morgan fingerprint density at radius 2 is 2.10 bits per heavy atom. The Labute approximate surface area is 121 Å². The van der Waals surface area contributed by atoms with E-state index in [1.807, 2.05) is 26.0 Å². The van der Waals surface area contributed by atoms with Crippen LogP contribution in [0.2, 0.25) is 0 Å². The molecule has 3 N–H and O–H groups in total. The largest absolute Gasteiger partial charge is 0.491 e. The number of methoxy groups -OCH3 is 1. The summed E-state index contributed by atoms with van der Waals surface area (Å²) >= 11 is 0. The van der Waals surface area contributed by atoms with Crippen LogP contribution in [-0.4, -0.2) is 18.8 Å². The fraction of sp³-hybridized carbons (Fsp3) is 0.625. The first-order valence-electron chi connectivity index (χ1n) is 7.36. The average Bonchev–Trinajstić information content (AvgIpc) is 2.38. The molecule has 0 radical (unpaired) electrons. The van der Waals surface area contributed by atoms with Crippen molar-refractivity contribution in [3.8, 4) is 5.75 Å². The van der Waals surface area contributed by atoms with Crippen LogP contribution in [-0.2, 0) is 4.74 Å². The highest BCUT2D eigenvalue weighted by atomic mass is 16.5. The van der Waals surface area contributed by atoms with Crippen LogP contribution in [0.25, 0.3) is 0 Å². The van der Waals surface area contributed by atoms with Crippen LogP contribution in [0.4, 0.5) is 0 Å². The van der Waals surface area contributed by atoms with E-state index >= 15 is 0 Å². The monoisotopic (exact) mass is 278 g/mol. The number of rotatable bonds is 7. The van der Waals surface area contributed by atoms with Crippen molar-refractivity contribution in [3.63, 3.8) is 0 Å². The fourth-order valence-corrected chi connectivity index (χ4v) is 2.78. The molecule has 4 heteroatoms. The van der Waals surface area contributed by atoms with E-state index in [4.69, 9.17) is 15.3 Å². The highest BCUT2D eigenvalue weighted by molar-refractivity contribution is 5.31. The van der Waals surface area contributed by atoms with Gasteiger partial charge in [-0.25, -0.2) is 0 Å². The van der Waals surface area contributed by atoms with Crippen molar-refractivity contribution >= 4 is 0 Å². The van der Waals surface area contributed by atoms with Gasteiger partial charge in [0.1, 0.15) is 5.75 Å². The zero-order chi connectivity index (χ0) is 14.6. The second-order valence-electron chi connectivity index (χ2n) is 5.90. The lowest BCUT2D eigenvalue weighted by Crippen LogP contribution is -2.44. The predicted molar refractivity (Wildman–Crippen MR) is 80.5 cm³/mol. The molecular weight excluding hydrogens is 252 g/mol. The van der Waals surface area contributed by atoms with Crippen molar-refractivity contribution in [3.05, 3.63) is 29.8 Å². The molecule has 112 valence electrons. The van der Waals surface area contributed by atoms with Crippen molar-refractivity contribution in [1.82, 2.24) is 5.43 Å². The third-order valence-electron chi connectivity index (χ3n) is 4.11. The Hall–Kier alpha value is -1.10. The molecule has 0 amide bonds. The summed E-state index contributed by atoms with van der Waals surface area (Å²) in [4.78, 5) is 0.